The molecule has 0 saturated carbocycles. The summed E-state index contributed by atoms with van der Waals surface area (Å²) in [6.07, 6.45) is -7.75. The van der Waals surface area contributed by atoms with E-state index in [2.05, 4.69) is 4.98 Å². The van der Waals surface area contributed by atoms with Crippen molar-refractivity contribution in [2.45, 2.75) is 42.8 Å². The number of alkyl halides is 6. The summed E-state index contributed by atoms with van der Waals surface area (Å²) in [4.78, 5) is 3.73. The Morgan fingerprint density at radius 1 is 0.721 bits per heavy atom. The largest absolute Gasteiger partial charge is 0.418 e. The molecule has 0 aliphatic rings. The second-order valence-corrected chi connectivity index (χ2v) is 12.9. The third-order valence-electron chi connectivity index (χ3n) is 7.19. The molecule has 0 atom stereocenters. The van der Waals surface area contributed by atoms with E-state index in [4.69, 9.17) is 0 Å². The maximum Gasteiger partial charge on any atom is 0.418 e. The Hall–Kier alpha value is -4.18. The van der Waals surface area contributed by atoms with Crippen LogP contribution in [0.25, 0.3) is 33.2 Å². The van der Waals surface area contributed by atoms with Crippen LogP contribution in [-0.2, 0) is 28.6 Å². The summed E-state index contributed by atoms with van der Waals surface area (Å²) in [7, 11) is -4.06. The second-order valence-electron chi connectivity index (χ2n) is 10.4. The lowest BCUT2D eigenvalue weighted by Crippen LogP contribution is -2.15. The van der Waals surface area contributed by atoms with Gasteiger partial charge in [-0.2, -0.15) is 26.3 Å². The van der Waals surface area contributed by atoms with Crippen LogP contribution >= 0.6 is 0 Å². The molecule has 0 radical (unpaired) electrons. The minimum absolute atomic E-state index is 0.00912. The van der Waals surface area contributed by atoms with Gasteiger partial charge in [0.15, 0.2) is 9.84 Å². The highest BCUT2D eigenvalue weighted by molar-refractivity contribution is 7.92. The number of aromatic nitrogens is 1. The Bertz CT molecular complexity index is 1910. The van der Waals surface area contributed by atoms with Gasteiger partial charge in [-0.05, 0) is 84.0 Å². The van der Waals surface area contributed by atoms with Crippen LogP contribution in [0.3, 0.4) is 0 Å². The molecule has 10 heteroatoms. The number of benzene rings is 4. The standard InChI is InChI=1S/C33H25F6NO2S/c1-20(2)43(41,42)27-17-24(16-26(18-27)32(34,35)36)22-10-6-11-23(15-22)30-25(14-21-8-4-3-5-9-21)19-40-31-28(30)12-7-13-29(31)33(37,38)39/h3-13,15-20H,14H2,1-2H3. The van der Waals surface area contributed by atoms with E-state index in [1.807, 2.05) is 30.3 Å². The Morgan fingerprint density at radius 3 is 2.05 bits per heavy atom. The first-order valence-corrected chi connectivity index (χ1v) is 14.8. The fourth-order valence-electron chi connectivity index (χ4n) is 5.00. The van der Waals surface area contributed by atoms with E-state index in [-0.39, 0.29) is 22.0 Å². The number of sulfone groups is 1. The van der Waals surface area contributed by atoms with E-state index in [0.29, 0.717) is 29.2 Å². The first-order valence-electron chi connectivity index (χ1n) is 13.2. The van der Waals surface area contributed by atoms with E-state index in [0.717, 1.165) is 17.7 Å². The number of fused-ring (bicyclic) bond motifs is 1. The molecule has 0 aliphatic heterocycles. The van der Waals surface area contributed by atoms with Gasteiger partial charge in [0.05, 0.1) is 26.8 Å². The molecule has 5 rings (SSSR count). The predicted molar refractivity (Wildman–Crippen MR) is 154 cm³/mol. The summed E-state index contributed by atoms with van der Waals surface area (Å²) in [5.74, 6) is 0. The first kappa shape index (κ1) is 30.3. The highest BCUT2D eigenvalue weighted by Gasteiger charge is 2.35. The molecule has 43 heavy (non-hydrogen) atoms. The van der Waals surface area contributed by atoms with E-state index in [1.54, 1.807) is 18.2 Å². The van der Waals surface area contributed by atoms with E-state index >= 15 is 0 Å². The van der Waals surface area contributed by atoms with Crippen molar-refractivity contribution in [2.24, 2.45) is 0 Å². The van der Waals surface area contributed by atoms with Gasteiger partial charge in [0.1, 0.15) is 0 Å². The van der Waals surface area contributed by atoms with Crippen LogP contribution in [0.15, 0.2) is 102 Å². The molecule has 5 aromatic rings. The van der Waals surface area contributed by atoms with Crippen LogP contribution in [0.4, 0.5) is 26.3 Å². The van der Waals surface area contributed by atoms with Crippen LogP contribution in [0.5, 0.6) is 0 Å². The molecule has 0 spiro atoms. The molecule has 0 unspecified atom stereocenters. The van der Waals surface area contributed by atoms with Crippen LogP contribution in [0, 0.1) is 0 Å². The van der Waals surface area contributed by atoms with E-state index in [9.17, 15) is 34.8 Å². The summed E-state index contributed by atoms with van der Waals surface area (Å²) in [6, 6.07) is 22.0. The van der Waals surface area contributed by atoms with Gasteiger partial charge in [-0.3, -0.25) is 4.98 Å². The summed E-state index contributed by atoms with van der Waals surface area (Å²) in [5.41, 5.74) is 0.387. The monoisotopic (exact) mass is 613 g/mol. The minimum atomic E-state index is -4.81. The maximum absolute atomic E-state index is 13.9. The van der Waals surface area contributed by atoms with Crippen molar-refractivity contribution in [2.75, 3.05) is 0 Å². The predicted octanol–water partition coefficient (Wildman–Crippen LogP) is 9.38. The zero-order chi connectivity index (χ0) is 31.2. The average Bonchev–Trinajstić information content (AvgIpc) is 2.96. The lowest BCUT2D eigenvalue weighted by Gasteiger charge is -2.18. The van der Waals surface area contributed by atoms with Crippen molar-refractivity contribution in [3.63, 3.8) is 0 Å². The normalized spacial score (nSPS) is 12.7. The van der Waals surface area contributed by atoms with E-state index < -0.39 is 43.5 Å². The Labute approximate surface area is 244 Å². The number of hydrogen-bond donors (Lipinski definition) is 0. The first-order chi connectivity index (χ1) is 20.2. The smallest absolute Gasteiger partial charge is 0.255 e. The van der Waals surface area contributed by atoms with Crippen molar-refractivity contribution >= 4 is 20.7 Å². The molecule has 0 saturated heterocycles. The quantitative estimate of drug-likeness (QED) is 0.179. The molecule has 0 N–H and O–H groups in total. The third kappa shape index (κ3) is 6.15. The summed E-state index contributed by atoms with van der Waals surface area (Å²) in [6.45, 7) is 2.77. The molecule has 1 aromatic heterocycles. The van der Waals surface area contributed by atoms with Gasteiger partial charge >= 0.3 is 12.4 Å². The van der Waals surface area contributed by atoms with Crippen LogP contribution in [0.2, 0.25) is 0 Å². The second kappa shape index (κ2) is 11.1. The minimum Gasteiger partial charge on any atom is -0.255 e. The van der Waals surface area contributed by atoms with Gasteiger partial charge in [0.25, 0.3) is 0 Å². The lowest BCUT2D eigenvalue weighted by molar-refractivity contribution is -0.138. The molecule has 0 amide bonds. The average molecular weight is 614 g/mol. The van der Waals surface area contributed by atoms with Crippen LogP contribution in [0.1, 0.15) is 36.1 Å². The molecule has 0 bridgehead atoms. The fourth-order valence-corrected chi connectivity index (χ4v) is 6.13. The summed E-state index contributed by atoms with van der Waals surface area (Å²) < 4.78 is 109. The third-order valence-corrected chi connectivity index (χ3v) is 9.32. The molecule has 0 fully saturated rings. The van der Waals surface area contributed by atoms with Crippen molar-refractivity contribution in [3.8, 4) is 22.3 Å². The number of pyridine rings is 1. The zero-order valence-corrected chi connectivity index (χ0v) is 23.8. The lowest BCUT2D eigenvalue weighted by atomic mass is 9.90. The molecule has 222 valence electrons. The van der Waals surface area contributed by atoms with Gasteiger partial charge < -0.3 is 0 Å². The Kier molecular flexibility index (Phi) is 7.85. The maximum atomic E-state index is 13.9. The number of nitrogens with zero attached hydrogens (tertiary/aromatic N) is 1. The Morgan fingerprint density at radius 2 is 1.40 bits per heavy atom. The zero-order valence-electron chi connectivity index (χ0n) is 23.0. The highest BCUT2D eigenvalue weighted by atomic mass is 32.2. The van der Waals surface area contributed by atoms with Gasteiger partial charge in [-0.15, -0.1) is 0 Å². The molecular formula is C33H25F6NO2S. The Balaban J connectivity index is 1.76. The number of para-hydroxylation sites is 1. The van der Waals surface area contributed by atoms with Crippen LogP contribution in [-0.4, -0.2) is 18.7 Å². The fraction of sp³-hybridized carbons (Fsp3) is 0.182. The van der Waals surface area contributed by atoms with Gasteiger partial charge in [-0.1, -0.05) is 60.7 Å². The summed E-state index contributed by atoms with van der Waals surface area (Å²) in [5, 5.41) is -0.728. The highest BCUT2D eigenvalue weighted by Crippen LogP contribution is 2.41. The number of halogens is 6. The van der Waals surface area contributed by atoms with Crippen molar-refractivity contribution in [1.29, 1.82) is 0 Å². The molecular weight excluding hydrogens is 588 g/mol. The van der Waals surface area contributed by atoms with Crippen LogP contribution < -0.4 is 0 Å². The molecule has 4 aromatic carbocycles. The van der Waals surface area contributed by atoms with Gasteiger partial charge in [0.2, 0.25) is 0 Å². The molecule has 0 aliphatic carbocycles. The SMILES string of the molecule is CC(C)S(=O)(=O)c1cc(-c2cccc(-c3c(Cc4ccccc4)cnc4c(C(F)(F)F)cccc34)c2)cc(C(F)(F)F)c1. The van der Waals surface area contributed by atoms with Crippen molar-refractivity contribution < 1.29 is 34.8 Å². The van der Waals surface area contributed by atoms with Crippen molar-refractivity contribution in [1.82, 2.24) is 4.98 Å². The van der Waals surface area contributed by atoms with E-state index in [1.165, 1.54) is 44.3 Å². The molecule has 1 heterocycles. The topological polar surface area (TPSA) is 47.0 Å². The number of hydrogen-bond acceptors (Lipinski definition) is 3. The van der Waals surface area contributed by atoms with Crippen molar-refractivity contribution in [3.05, 3.63) is 119 Å². The molecule has 3 nitrogen and oxygen atoms in total. The van der Waals surface area contributed by atoms with Gasteiger partial charge in [-0.25, -0.2) is 8.42 Å². The number of rotatable bonds is 6. The summed E-state index contributed by atoms with van der Waals surface area (Å²) >= 11 is 0. The van der Waals surface area contributed by atoms with Gasteiger partial charge in [0, 0.05) is 11.6 Å².